The highest BCUT2D eigenvalue weighted by molar-refractivity contribution is 6.03. The topological polar surface area (TPSA) is 54.4 Å². The van der Waals surface area contributed by atoms with E-state index in [1.165, 1.54) is 44.9 Å². The molecule has 0 saturated heterocycles. The fraction of sp³-hybridized carbons (Fsp3) is 0.933. The molecule has 33 heavy (non-hydrogen) atoms. The number of carboxylic acids is 1. The Labute approximate surface area is 201 Å². The van der Waals surface area contributed by atoms with Gasteiger partial charge in [-0.1, -0.05) is 41.5 Å². The van der Waals surface area contributed by atoms with Crippen LogP contribution in [-0.2, 0) is 9.59 Å². The molecule has 2 unspecified atom stereocenters. The van der Waals surface area contributed by atoms with Crippen LogP contribution in [0.25, 0.3) is 0 Å². The molecule has 5 saturated carbocycles. The first-order valence-corrected chi connectivity index (χ1v) is 13.9. The molecule has 3 nitrogen and oxygen atoms in total. The highest BCUT2D eigenvalue weighted by Gasteiger charge is 2.71. The second-order valence-corrected chi connectivity index (χ2v) is 15.2. The number of hydrogen-bond donors (Lipinski definition) is 1. The van der Waals surface area contributed by atoms with Crippen molar-refractivity contribution < 1.29 is 14.7 Å². The van der Waals surface area contributed by atoms with Gasteiger partial charge < -0.3 is 5.11 Å². The van der Waals surface area contributed by atoms with E-state index in [0.717, 1.165) is 31.1 Å². The molecule has 0 radical (unpaired) electrons. The summed E-state index contributed by atoms with van der Waals surface area (Å²) >= 11 is 0. The van der Waals surface area contributed by atoms with Crippen molar-refractivity contribution in [2.24, 2.45) is 56.2 Å². The molecule has 186 valence electrons. The Morgan fingerprint density at radius 1 is 0.758 bits per heavy atom. The van der Waals surface area contributed by atoms with Crippen LogP contribution in [0.1, 0.15) is 119 Å². The molecule has 0 aromatic heterocycles. The second-order valence-electron chi connectivity index (χ2n) is 15.2. The first-order chi connectivity index (χ1) is 15.1. The molecule has 3 heteroatoms. The average Bonchev–Trinajstić information content (AvgIpc) is 2.72. The first-order valence-electron chi connectivity index (χ1n) is 13.9. The molecular weight excluding hydrogens is 408 g/mol. The molecule has 1 N–H and O–H groups in total. The monoisotopic (exact) mass is 456 g/mol. The van der Waals surface area contributed by atoms with Crippen molar-refractivity contribution in [3.63, 3.8) is 0 Å². The van der Waals surface area contributed by atoms with Gasteiger partial charge in [0.05, 0.1) is 0 Å². The van der Waals surface area contributed by atoms with E-state index in [2.05, 4.69) is 41.5 Å². The summed E-state index contributed by atoms with van der Waals surface area (Å²) in [5, 5.41) is 10.2. The molecule has 0 bridgehead atoms. The maximum Gasteiger partial charge on any atom is 0.317 e. The first kappa shape index (κ1) is 23.9. The smallest absolute Gasteiger partial charge is 0.317 e. The molecule has 0 aliphatic heterocycles. The van der Waals surface area contributed by atoms with E-state index in [0.29, 0.717) is 28.6 Å². The van der Waals surface area contributed by atoms with Gasteiger partial charge in [-0.3, -0.25) is 9.59 Å². The Bertz CT molecular complexity index is 876. The standard InChI is InChI=1S/C30H48O3/c1-25(2)14-15-26(3)16-17-28(5)19(20(26)18-25)8-9-21-27(4)12-11-23(31)30(7,24(32)33)22(27)10-13-29(21,28)6/h19-22H,8-18H2,1-7H3,(H,32,33)/t19-,20-,21-,22?,26-,27-,28-,29-,30?/m1/s1. The van der Waals surface area contributed by atoms with Gasteiger partial charge in [0.1, 0.15) is 11.2 Å². The third-order valence-corrected chi connectivity index (χ3v) is 13.6. The van der Waals surface area contributed by atoms with Crippen molar-refractivity contribution in [2.75, 3.05) is 0 Å². The zero-order chi connectivity index (χ0) is 24.2. The molecule has 0 spiro atoms. The molecular formula is C30H48O3. The molecule has 5 aliphatic rings. The van der Waals surface area contributed by atoms with E-state index in [9.17, 15) is 14.7 Å². The van der Waals surface area contributed by atoms with Crippen molar-refractivity contribution in [2.45, 2.75) is 119 Å². The van der Waals surface area contributed by atoms with E-state index in [1.807, 2.05) is 0 Å². The lowest BCUT2D eigenvalue weighted by Gasteiger charge is -2.73. The minimum Gasteiger partial charge on any atom is -0.480 e. The second kappa shape index (κ2) is 6.88. The van der Waals surface area contributed by atoms with Gasteiger partial charge in [-0.05, 0) is 122 Å². The van der Waals surface area contributed by atoms with Crippen LogP contribution >= 0.6 is 0 Å². The predicted molar refractivity (Wildman–Crippen MR) is 132 cm³/mol. The van der Waals surface area contributed by atoms with Gasteiger partial charge in [0.2, 0.25) is 0 Å². The SMILES string of the molecule is CC1(C)CC[C@]2(C)CC[C@]3(C)[C@H](CC[C@@H]4[C@@]5(C)CCC(=O)C(C)(C(=O)O)C5CC[C@]43C)[C@H]2C1. The van der Waals surface area contributed by atoms with Gasteiger partial charge in [-0.25, -0.2) is 0 Å². The summed E-state index contributed by atoms with van der Waals surface area (Å²) in [6.07, 6.45) is 12.6. The largest absolute Gasteiger partial charge is 0.480 e. The number of hydrogen-bond acceptors (Lipinski definition) is 2. The van der Waals surface area contributed by atoms with Gasteiger partial charge in [0.25, 0.3) is 0 Å². The lowest BCUT2D eigenvalue weighted by Crippen LogP contribution is -2.67. The highest BCUT2D eigenvalue weighted by Crippen LogP contribution is 2.76. The Morgan fingerprint density at radius 2 is 1.42 bits per heavy atom. The summed E-state index contributed by atoms with van der Waals surface area (Å²) in [5.41, 5.74) is 0.270. The Hall–Kier alpha value is -0.860. The normalized spacial score (nSPS) is 55.5. The Balaban J connectivity index is 1.54. The van der Waals surface area contributed by atoms with Crippen LogP contribution in [0.4, 0.5) is 0 Å². The summed E-state index contributed by atoms with van der Waals surface area (Å²) < 4.78 is 0. The van der Waals surface area contributed by atoms with Crippen LogP contribution in [0.2, 0.25) is 0 Å². The zero-order valence-electron chi connectivity index (χ0n) is 22.4. The third-order valence-electron chi connectivity index (χ3n) is 13.6. The summed E-state index contributed by atoms with van der Waals surface area (Å²) in [7, 11) is 0. The zero-order valence-corrected chi connectivity index (χ0v) is 22.4. The van der Waals surface area contributed by atoms with Gasteiger partial charge >= 0.3 is 5.97 Å². The van der Waals surface area contributed by atoms with E-state index >= 15 is 0 Å². The van der Waals surface area contributed by atoms with Gasteiger partial charge in [0.15, 0.2) is 0 Å². The summed E-state index contributed by atoms with van der Waals surface area (Å²) in [4.78, 5) is 25.4. The minimum atomic E-state index is -1.20. The predicted octanol–water partition coefficient (Wildman–Crippen LogP) is 7.52. The molecule has 0 heterocycles. The summed E-state index contributed by atoms with van der Waals surface area (Å²) in [6.45, 7) is 17.0. The van der Waals surface area contributed by atoms with Crippen LogP contribution in [0.15, 0.2) is 0 Å². The third kappa shape index (κ3) is 2.86. The van der Waals surface area contributed by atoms with Crippen LogP contribution in [-0.4, -0.2) is 16.9 Å². The lowest BCUT2D eigenvalue weighted by atomic mass is 9.31. The van der Waals surface area contributed by atoms with Gasteiger partial charge in [-0.2, -0.15) is 0 Å². The molecule has 9 atom stereocenters. The van der Waals surface area contributed by atoms with E-state index in [1.54, 1.807) is 6.92 Å². The molecule has 0 amide bonds. The van der Waals surface area contributed by atoms with E-state index in [4.69, 9.17) is 0 Å². The Kier molecular flexibility index (Phi) is 4.97. The van der Waals surface area contributed by atoms with Crippen molar-refractivity contribution in [3.05, 3.63) is 0 Å². The number of carboxylic acid groups (broad SMARTS) is 1. The van der Waals surface area contributed by atoms with Crippen molar-refractivity contribution in [3.8, 4) is 0 Å². The van der Waals surface area contributed by atoms with Crippen molar-refractivity contribution >= 4 is 11.8 Å². The van der Waals surface area contributed by atoms with Gasteiger partial charge in [-0.15, -0.1) is 0 Å². The summed E-state index contributed by atoms with van der Waals surface area (Å²) in [6, 6.07) is 0. The van der Waals surface area contributed by atoms with Gasteiger partial charge in [0, 0.05) is 6.42 Å². The molecule has 0 aromatic carbocycles. The minimum absolute atomic E-state index is 0.0237. The average molecular weight is 457 g/mol. The van der Waals surface area contributed by atoms with Crippen molar-refractivity contribution in [1.29, 1.82) is 0 Å². The number of rotatable bonds is 1. The number of ketones is 1. The maximum atomic E-state index is 13.0. The van der Waals surface area contributed by atoms with Crippen LogP contribution in [0.3, 0.4) is 0 Å². The fourth-order valence-corrected chi connectivity index (χ4v) is 11.1. The lowest BCUT2D eigenvalue weighted by molar-refractivity contribution is -0.242. The Morgan fingerprint density at radius 3 is 2.09 bits per heavy atom. The molecule has 5 fully saturated rings. The number of Topliss-reactive ketones (excluding diaryl/α,β-unsaturated/α-hetero) is 1. The maximum absolute atomic E-state index is 13.0. The quantitative estimate of drug-likeness (QED) is 0.415. The highest BCUT2D eigenvalue weighted by atomic mass is 16.4. The molecule has 5 aliphatic carbocycles. The van der Waals surface area contributed by atoms with E-state index in [-0.39, 0.29) is 22.5 Å². The summed E-state index contributed by atoms with van der Waals surface area (Å²) in [5.74, 6) is 1.19. The fourth-order valence-electron chi connectivity index (χ4n) is 11.1. The number of carbonyl (C=O) groups excluding carboxylic acids is 1. The van der Waals surface area contributed by atoms with Crippen molar-refractivity contribution in [1.82, 2.24) is 0 Å². The molecule has 0 aromatic rings. The van der Waals surface area contributed by atoms with Crippen LogP contribution in [0.5, 0.6) is 0 Å². The van der Waals surface area contributed by atoms with Crippen LogP contribution in [0, 0.1) is 56.2 Å². The van der Waals surface area contributed by atoms with E-state index < -0.39 is 11.4 Å². The molecule has 5 rings (SSSR count). The number of aliphatic carboxylic acids is 1. The van der Waals surface area contributed by atoms with Crippen LogP contribution < -0.4 is 0 Å². The number of carbonyl (C=O) groups is 2. The number of fused-ring (bicyclic) bond motifs is 7.